The lowest BCUT2D eigenvalue weighted by Gasteiger charge is -2.26. The molecule has 1 aliphatic heterocycles. The van der Waals surface area contributed by atoms with Gasteiger partial charge >= 0.3 is 0 Å². The highest BCUT2D eigenvalue weighted by Crippen LogP contribution is 2.25. The van der Waals surface area contributed by atoms with E-state index in [-0.39, 0.29) is 11.6 Å². The maximum Gasteiger partial charge on any atom is 0.244 e. The first-order chi connectivity index (χ1) is 8.57. The summed E-state index contributed by atoms with van der Waals surface area (Å²) in [6.45, 7) is 2.70. The van der Waals surface area contributed by atoms with E-state index in [1.807, 2.05) is 6.92 Å². The largest absolute Gasteiger partial charge is 0.322 e. The molecule has 0 spiro atoms. The van der Waals surface area contributed by atoms with E-state index in [0.717, 1.165) is 31.5 Å². The van der Waals surface area contributed by atoms with Gasteiger partial charge in [0, 0.05) is 6.07 Å². The molecular formula is C13H16F2N2O. The Labute approximate surface area is 105 Å². The molecule has 1 aromatic carbocycles. The number of benzene rings is 1. The van der Waals surface area contributed by atoms with Crippen LogP contribution >= 0.6 is 0 Å². The van der Waals surface area contributed by atoms with Gasteiger partial charge in [-0.1, -0.05) is 6.92 Å². The molecule has 5 heteroatoms. The minimum absolute atomic E-state index is 0.0166. The molecule has 18 heavy (non-hydrogen) atoms. The Kier molecular flexibility index (Phi) is 3.61. The van der Waals surface area contributed by atoms with E-state index in [4.69, 9.17) is 0 Å². The van der Waals surface area contributed by atoms with Crippen LogP contribution in [0.3, 0.4) is 0 Å². The first-order valence-electron chi connectivity index (χ1n) is 6.09. The molecular weight excluding hydrogens is 238 g/mol. The number of halogens is 2. The standard InChI is InChI=1S/C13H16F2N2O/c1-2-13(6-3-7-16-13)12(18)17-11-5-4-9(14)8-10(11)15/h4-5,8,16H,2-3,6-7H2,1H3,(H,17,18). The molecule has 3 nitrogen and oxygen atoms in total. The number of amides is 1. The van der Waals surface area contributed by atoms with Crippen molar-refractivity contribution in [2.24, 2.45) is 0 Å². The van der Waals surface area contributed by atoms with Gasteiger partial charge < -0.3 is 10.6 Å². The Balaban J connectivity index is 2.15. The first kappa shape index (κ1) is 13.0. The Hall–Kier alpha value is -1.49. The molecule has 0 radical (unpaired) electrons. The highest BCUT2D eigenvalue weighted by atomic mass is 19.1. The van der Waals surface area contributed by atoms with Gasteiger partial charge in [0.15, 0.2) is 0 Å². The van der Waals surface area contributed by atoms with Gasteiger partial charge in [0.2, 0.25) is 5.91 Å². The molecule has 1 atom stereocenters. The minimum Gasteiger partial charge on any atom is -0.322 e. The molecule has 0 aromatic heterocycles. The summed E-state index contributed by atoms with van der Waals surface area (Å²) in [4.78, 5) is 12.2. The van der Waals surface area contributed by atoms with E-state index in [2.05, 4.69) is 10.6 Å². The van der Waals surface area contributed by atoms with Crippen molar-refractivity contribution in [3.63, 3.8) is 0 Å². The van der Waals surface area contributed by atoms with Crippen LogP contribution in [-0.2, 0) is 4.79 Å². The first-order valence-corrected chi connectivity index (χ1v) is 6.09. The summed E-state index contributed by atoms with van der Waals surface area (Å²) < 4.78 is 26.2. The fraction of sp³-hybridized carbons (Fsp3) is 0.462. The number of nitrogens with one attached hydrogen (secondary N) is 2. The predicted octanol–water partition coefficient (Wildman–Crippen LogP) is 2.44. The third-order valence-corrected chi connectivity index (χ3v) is 3.46. The topological polar surface area (TPSA) is 41.1 Å². The van der Waals surface area contributed by atoms with E-state index in [1.165, 1.54) is 6.07 Å². The highest BCUT2D eigenvalue weighted by molar-refractivity contribution is 5.98. The van der Waals surface area contributed by atoms with Crippen LogP contribution in [0.1, 0.15) is 26.2 Å². The van der Waals surface area contributed by atoms with Crippen LogP contribution in [0.25, 0.3) is 0 Å². The molecule has 98 valence electrons. The number of hydrogen-bond donors (Lipinski definition) is 2. The quantitative estimate of drug-likeness (QED) is 0.869. The van der Waals surface area contributed by atoms with Gasteiger partial charge in [-0.05, 0) is 37.9 Å². The van der Waals surface area contributed by atoms with Crippen molar-refractivity contribution in [2.75, 3.05) is 11.9 Å². The predicted molar refractivity (Wildman–Crippen MR) is 65.2 cm³/mol. The number of anilines is 1. The molecule has 2 rings (SSSR count). The average molecular weight is 254 g/mol. The van der Waals surface area contributed by atoms with Gasteiger partial charge in [-0.15, -0.1) is 0 Å². The van der Waals surface area contributed by atoms with Gasteiger partial charge in [-0.2, -0.15) is 0 Å². The Morgan fingerprint density at radius 2 is 2.28 bits per heavy atom. The molecule has 1 heterocycles. The van der Waals surface area contributed by atoms with E-state index in [0.29, 0.717) is 6.42 Å². The summed E-state index contributed by atoms with van der Waals surface area (Å²) in [5.74, 6) is -1.67. The number of hydrogen-bond acceptors (Lipinski definition) is 2. The van der Waals surface area contributed by atoms with E-state index in [9.17, 15) is 13.6 Å². The van der Waals surface area contributed by atoms with Crippen LogP contribution in [0.2, 0.25) is 0 Å². The second-order valence-corrected chi connectivity index (χ2v) is 4.54. The van der Waals surface area contributed by atoms with Crippen LogP contribution in [0, 0.1) is 11.6 Å². The van der Waals surface area contributed by atoms with Crippen molar-refractivity contribution in [1.29, 1.82) is 0 Å². The summed E-state index contributed by atoms with van der Waals surface area (Å²) in [6.07, 6.45) is 2.30. The van der Waals surface area contributed by atoms with Crippen molar-refractivity contribution in [3.05, 3.63) is 29.8 Å². The Morgan fingerprint density at radius 1 is 1.50 bits per heavy atom. The Bertz CT molecular complexity index is 456. The zero-order valence-electron chi connectivity index (χ0n) is 10.2. The lowest BCUT2D eigenvalue weighted by Crippen LogP contribution is -2.50. The van der Waals surface area contributed by atoms with Crippen molar-refractivity contribution in [3.8, 4) is 0 Å². The van der Waals surface area contributed by atoms with Crippen LogP contribution in [-0.4, -0.2) is 18.0 Å². The number of carbonyl (C=O) groups is 1. The second kappa shape index (κ2) is 5.02. The van der Waals surface area contributed by atoms with Gasteiger partial charge in [-0.25, -0.2) is 8.78 Å². The molecule has 1 unspecified atom stereocenters. The monoisotopic (exact) mass is 254 g/mol. The lowest BCUT2D eigenvalue weighted by atomic mass is 9.93. The SMILES string of the molecule is CCC1(C(=O)Nc2ccc(F)cc2F)CCCN1. The van der Waals surface area contributed by atoms with Gasteiger partial charge in [-0.3, -0.25) is 4.79 Å². The van der Waals surface area contributed by atoms with Gasteiger partial charge in [0.1, 0.15) is 11.6 Å². The van der Waals surface area contributed by atoms with Crippen LogP contribution < -0.4 is 10.6 Å². The maximum absolute atomic E-state index is 13.5. The molecule has 2 N–H and O–H groups in total. The highest BCUT2D eigenvalue weighted by Gasteiger charge is 2.39. The molecule has 0 aliphatic carbocycles. The Morgan fingerprint density at radius 3 is 2.83 bits per heavy atom. The fourth-order valence-corrected chi connectivity index (χ4v) is 2.30. The maximum atomic E-state index is 13.5. The van der Waals surface area contributed by atoms with Crippen LogP contribution in [0.15, 0.2) is 18.2 Å². The van der Waals surface area contributed by atoms with Gasteiger partial charge in [0.25, 0.3) is 0 Å². The molecule has 1 saturated heterocycles. The normalized spacial score (nSPS) is 23.1. The zero-order valence-corrected chi connectivity index (χ0v) is 10.2. The third-order valence-electron chi connectivity index (χ3n) is 3.46. The van der Waals surface area contributed by atoms with E-state index < -0.39 is 17.2 Å². The van der Waals surface area contributed by atoms with Crippen molar-refractivity contribution in [1.82, 2.24) is 5.32 Å². The van der Waals surface area contributed by atoms with Crippen molar-refractivity contribution < 1.29 is 13.6 Å². The summed E-state index contributed by atoms with van der Waals surface area (Å²) in [5, 5.41) is 5.69. The van der Waals surface area contributed by atoms with Crippen molar-refractivity contribution >= 4 is 11.6 Å². The molecule has 1 aliphatic rings. The third kappa shape index (κ3) is 2.36. The smallest absolute Gasteiger partial charge is 0.244 e. The van der Waals surface area contributed by atoms with E-state index >= 15 is 0 Å². The fourth-order valence-electron chi connectivity index (χ4n) is 2.30. The average Bonchev–Trinajstić information content (AvgIpc) is 2.82. The molecule has 1 fully saturated rings. The molecule has 1 aromatic rings. The lowest BCUT2D eigenvalue weighted by molar-refractivity contribution is -0.122. The zero-order chi connectivity index (χ0) is 13.2. The van der Waals surface area contributed by atoms with E-state index in [1.54, 1.807) is 0 Å². The number of rotatable bonds is 3. The van der Waals surface area contributed by atoms with Crippen LogP contribution in [0.4, 0.5) is 14.5 Å². The summed E-state index contributed by atoms with van der Waals surface area (Å²) in [6, 6.07) is 3.12. The van der Waals surface area contributed by atoms with Crippen molar-refractivity contribution in [2.45, 2.75) is 31.7 Å². The summed E-state index contributed by atoms with van der Waals surface area (Å²) >= 11 is 0. The minimum atomic E-state index is -0.757. The summed E-state index contributed by atoms with van der Waals surface area (Å²) in [7, 11) is 0. The molecule has 1 amide bonds. The second-order valence-electron chi connectivity index (χ2n) is 4.54. The number of carbonyl (C=O) groups excluding carboxylic acids is 1. The van der Waals surface area contributed by atoms with Gasteiger partial charge in [0.05, 0.1) is 11.2 Å². The molecule has 0 bridgehead atoms. The molecule has 0 saturated carbocycles. The van der Waals surface area contributed by atoms with Crippen LogP contribution in [0.5, 0.6) is 0 Å². The summed E-state index contributed by atoms with van der Waals surface area (Å²) in [5.41, 5.74) is -0.608.